The van der Waals surface area contributed by atoms with Crippen molar-refractivity contribution in [1.82, 2.24) is 9.97 Å². The van der Waals surface area contributed by atoms with Crippen molar-refractivity contribution >= 4 is 33.2 Å². The number of anilines is 2. The number of unbranched alkanes of at least 4 members (excludes halogenated alkanes) is 4. The lowest BCUT2D eigenvalue weighted by molar-refractivity contribution is -0.189. The molecule has 1 aromatic rings. The number of nitrogens with one attached hydrogen (secondary N) is 2. The Bertz CT molecular complexity index is 1160. The molecule has 6 atom stereocenters. The second-order valence-electron chi connectivity index (χ2n) is 11.5. The van der Waals surface area contributed by atoms with Gasteiger partial charge in [-0.15, -0.1) is 0 Å². The van der Waals surface area contributed by atoms with Gasteiger partial charge >= 0.3 is 15.6 Å². The largest absolute Gasteiger partial charge is 0.523 e. The van der Waals surface area contributed by atoms with Crippen LogP contribution in [-0.4, -0.2) is 100 Å². The summed E-state index contributed by atoms with van der Waals surface area (Å²) in [5, 5.41) is 5.80. The number of hydrogen-bond donors (Lipinski definition) is 2. The van der Waals surface area contributed by atoms with E-state index in [2.05, 4.69) is 20.6 Å². The zero-order chi connectivity index (χ0) is 35.1. The van der Waals surface area contributed by atoms with Crippen molar-refractivity contribution in [3.05, 3.63) is 11.5 Å². The molecule has 0 aromatic carbocycles. The van der Waals surface area contributed by atoms with Crippen LogP contribution in [0.2, 0.25) is 5.15 Å². The highest BCUT2D eigenvalue weighted by Gasteiger charge is 2.62. The fourth-order valence-corrected chi connectivity index (χ4v) is 5.90. The van der Waals surface area contributed by atoms with Gasteiger partial charge in [-0.25, -0.2) is 14.2 Å². The Hall–Kier alpha value is -1.53. The van der Waals surface area contributed by atoms with Crippen LogP contribution in [0.25, 0.3) is 0 Å². The van der Waals surface area contributed by atoms with E-state index in [-0.39, 0.29) is 43.1 Å². The molecule has 47 heavy (non-hydrogen) atoms. The molecule has 1 saturated heterocycles. The number of rotatable bonds is 22. The Kier molecular flexibility index (Phi) is 17.9. The van der Waals surface area contributed by atoms with Crippen molar-refractivity contribution in [2.75, 3.05) is 50.7 Å². The third-order valence-corrected chi connectivity index (χ3v) is 9.04. The first kappa shape index (κ1) is 41.6. The molecule has 0 radical (unpaired) electrons. The van der Waals surface area contributed by atoms with Gasteiger partial charge in [-0.2, -0.15) is 21.6 Å². The Morgan fingerprint density at radius 1 is 0.915 bits per heavy atom. The molecular formula is C30H52ClF3N4O8S. The molecule has 0 amide bonds. The smallest absolute Gasteiger partial charge is 0.383 e. The van der Waals surface area contributed by atoms with Crippen molar-refractivity contribution in [3.8, 4) is 0 Å². The van der Waals surface area contributed by atoms with Crippen LogP contribution < -0.4 is 10.6 Å². The number of halogens is 4. The van der Waals surface area contributed by atoms with Gasteiger partial charge in [0.15, 0.2) is 22.8 Å². The summed E-state index contributed by atoms with van der Waals surface area (Å²) in [4.78, 5) is 8.15. The first-order valence-corrected chi connectivity index (χ1v) is 18.1. The predicted octanol–water partition coefficient (Wildman–Crippen LogP) is 6.31. The van der Waals surface area contributed by atoms with Crippen LogP contribution in [0.5, 0.6) is 0 Å². The van der Waals surface area contributed by atoms with E-state index in [4.69, 9.17) is 39.5 Å². The highest BCUT2D eigenvalue weighted by molar-refractivity contribution is 7.87. The van der Waals surface area contributed by atoms with Gasteiger partial charge in [0, 0.05) is 33.5 Å². The lowest BCUT2D eigenvalue weighted by Crippen LogP contribution is -2.62. The molecule has 2 N–H and O–H groups in total. The van der Waals surface area contributed by atoms with Crippen molar-refractivity contribution < 1.29 is 49.5 Å². The summed E-state index contributed by atoms with van der Waals surface area (Å²) in [6.45, 7) is 9.93. The van der Waals surface area contributed by atoms with E-state index >= 15 is 0 Å². The van der Waals surface area contributed by atoms with E-state index < -0.39 is 51.9 Å². The van der Waals surface area contributed by atoms with Crippen LogP contribution in [0.4, 0.5) is 24.7 Å². The molecule has 2 rings (SSSR count). The number of hydrogen-bond acceptors (Lipinski definition) is 12. The molecule has 1 aliphatic heterocycles. The SMILES string of the molecule is CCCCOC[C@H]1O[C@@H](Nc2ncnc(Cl)c2NC)[C@@](C)(OS(=O)(=O)C(F)(F)F)[C@H](OCCCC)[C@@H](OCCCC)[C@@H]1OCCCC. The van der Waals surface area contributed by atoms with Gasteiger partial charge in [0.1, 0.15) is 36.4 Å². The van der Waals surface area contributed by atoms with Gasteiger partial charge in [0.05, 0.1) is 6.61 Å². The molecule has 17 heteroatoms. The maximum atomic E-state index is 14.0. The second-order valence-corrected chi connectivity index (χ2v) is 13.4. The second kappa shape index (κ2) is 20.2. The van der Waals surface area contributed by atoms with Gasteiger partial charge in [-0.3, -0.25) is 0 Å². The van der Waals surface area contributed by atoms with Crippen LogP contribution in [0.3, 0.4) is 0 Å². The molecule has 1 aromatic heterocycles. The number of nitrogens with zero attached hydrogens (tertiary/aromatic N) is 2. The molecular weight excluding hydrogens is 669 g/mol. The minimum absolute atomic E-state index is 0.000835. The quantitative estimate of drug-likeness (QED) is 0.0601. The van der Waals surface area contributed by atoms with Crippen LogP contribution in [0.15, 0.2) is 6.33 Å². The van der Waals surface area contributed by atoms with Crippen LogP contribution in [-0.2, 0) is 38.0 Å². The van der Waals surface area contributed by atoms with Crippen LogP contribution in [0.1, 0.15) is 86.0 Å². The average molecular weight is 721 g/mol. The molecule has 1 aliphatic rings. The van der Waals surface area contributed by atoms with Gasteiger partial charge in [-0.1, -0.05) is 65.0 Å². The van der Waals surface area contributed by atoms with Gasteiger partial charge in [-0.05, 0) is 32.6 Å². The minimum Gasteiger partial charge on any atom is -0.383 e. The molecule has 0 unspecified atom stereocenters. The van der Waals surface area contributed by atoms with E-state index in [1.54, 1.807) is 7.05 Å². The molecule has 1 fully saturated rings. The van der Waals surface area contributed by atoms with E-state index in [1.165, 1.54) is 6.92 Å². The molecule has 12 nitrogen and oxygen atoms in total. The molecule has 2 heterocycles. The zero-order valence-corrected chi connectivity index (χ0v) is 29.8. The van der Waals surface area contributed by atoms with Crippen LogP contribution >= 0.6 is 11.6 Å². The summed E-state index contributed by atoms with van der Waals surface area (Å²) < 4.78 is 104. The topological polar surface area (TPSA) is 139 Å². The Balaban J connectivity index is 2.87. The van der Waals surface area contributed by atoms with Crippen molar-refractivity contribution in [1.29, 1.82) is 0 Å². The lowest BCUT2D eigenvalue weighted by atomic mass is 9.89. The molecule has 274 valence electrons. The summed E-state index contributed by atoms with van der Waals surface area (Å²) in [5.41, 5.74) is -7.98. The highest BCUT2D eigenvalue weighted by Crippen LogP contribution is 2.42. The van der Waals surface area contributed by atoms with Gasteiger partial charge < -0.3 is 34.3 Å². The van der Waals surface area contributed by atoms with Crippen molar-refractivity contribution in [2.24, 2.45) is 0 Å². The standard InChI is InChI=1S/C30H52ClF3N4O8S/c1-7-11-15-41-19-21-23(42-16-12-8-2)24(43-17-13-9-3)25(44-18-14-10-4)29(5,46-47(39,40)30(32,33)34)28(45-21)38-27-22(35-6)26(31)36-20-37-27/h20-21,23-25,28,35H,7-19H2,1-6H3,(H,36,37,38)/t21-,23-,24+,25-,28-,29+/m1/s1. The summed E-state index contributed by atoms with van der Waals surface area (Å²) in [7, 11) is -4.67. The van der Waals surface area contributed by atoms with E-state index in [1.807, 2.05) is 27.7 Å². The first-order valence-electron chi connectivity index (χ1n) is 16.4. The maximum Gasteiger partial charge on any atom is 0.523 e. The Labute approximate surface area is 282 Å². The van der Waals surface area contributed by atoms with Gasteiger partial charge in [0.2, 0.25) is 0 Å². The third-order valence-electron chi connectivity index (χ3n) is 7.61. The van der Waals surface area contributed by atoms with E-state index in [9.17, 15) is 21.6 Å². The molecule has 0 spiro atoms. The first-order chi connectivity index (χ1) is 22.3. The van der Waals surface area contributed by atoms with E-state index in [0.717, 1.165) is 32.0 Å². The maximum absolute atomic E-state index is 14.0. The van der Waals surface area contributed by atoms with Crippen molar-refractivity contribution in [2.45, 2.75) is 128 Å². The number of aromatic nitrogens is 2. The third kappa shape index (κ3) is 11.8. The molecule has 0 bridgehead atoms. The zero-order valence-electron chi connectivity index (χ0n) is 28.2. The van der Waals surface area contributed by atoms with E-state index in [0.29, 0.717) is 32.3 Å². The lowest BCUT2D eigenvalue weighted by Gasteiger charge is -2.43. The minimum atomic E-state index is -6.22. The average Bonchev–Trinajstić information content (AvgIpc) is 3.08. The fraction of sp³-hybridized carbons (Fsp3) is 0.867. The Morgan fingerprint density at radius 2 is 1.47 bits per heavy atom. The normalized spacial score (nSPS) is 25.4. The van der Waals surface area contributed by atoms with Crippen LogP contribution in [0, 0.1) is 0 Å². The molecule has 0 saturated carbocycles. The van der Waals surface area contributed by atoms with Gasteiger partial charge in [0.25, 0.3) is 0 Å². The Morgan fingerprint density at radius 3 is 2.02 bits per heavy atom. The predicted molar refractivity (Wildman–Crippen MR) is 173 cm³/mol. The molecule has 0 aliphatic carbocycles. The fourth-order valence-electron chi connectivity index (χ4n) is 4.92. The summed E-state index contributed by atoms with van der Waals surface area (Å²) >= 11 is 6.29. The summed E-state index contributed by atoms with van der Waals surface area (Å²) in [6, 6.07) is 0. The summed E-state index contributed by atoms with van der Waals surface area (Å²) in [6.07, 6.45) is 0.668. The highest BCUT2D eigenvalue weighted by atomic mass is 35.5. The monoisotopic (exact) mass is 720 g/mol. The van der Waals surface area contributed by atoms with Crippen molar-refractivity contribution in [3.63, 3.8) is 0 Å². The number of ether oxygens (including phenoxy) is 5. The number of alkyl halides is 3. The summed E-state index contributed by atoms with van der Waals surface area (Å²) in [5.74, 6) is 0.0171.